The highest BCUT2D eigenvalue weighted by Crippen LogP contribution is 2.20. The normalized spacial score (nSPS) is 13.3. The first kappa shape index (κ1) is 16.6. The van der Waals surface area contributed by atoms with Crippen molar-refractivity contribution in [1.82, 2.24) is 0 Å². The van der Waals surface area contributed by atoms with E-state index >= 15 is 0 Å². The van der Waals surface area contributed by atoms with Gasteiger partial charge in [-0.15, -0.1) is 0 Å². The van der Waals surface area contributed by atoms with E-state index < -0.39 is 10.0 Å². The smallest absolute Gasteiger partial charge is 0.238 e. The van der Waals surface area contributed by atoms with Gasteiger partial charge in [0.05, 0.1) is 4.90 Å². The fraction of sp³-hybridized carbons (Fsp3) is 0.462. The summed E-state index contributed by atoms with van der Waals surface area (Å²) in [6.07, 6.45) is 0.177. The van der Waals surface area contributed by atoms with Crippen molar-refractivity contribution < 1.29 is 13.2 Å². The second kappa shape index (κ2) is 6.34. The third-order valence-corrected chi connectivity index (χ3v) is 4.00. The van der Waals surface area contributed by atoms with E-state index in [2.05, 4.69) is 5.32 Å². The molecule has 0 aliphatic heterocycles. The van der Waals surface area contributed by atoms with E-state index in [4.69, 9.17) is 10.9 Å². The number of aryl methyl sites for hydroxylation is 1. The molecule has 1 amide bonds. The lowest BCUT2D eigenvalue weighted by atomic mass is 10.0. The van der Waals surface area contributed by atoms with E-state index in [1.54, 1.807) is 13.0 Å². The molecule has 0 spiro atoms. The first-order valence-corrected chi connectivity index (χ1v) is 7.84. The summed E-state index contributed by atoms with van der Waals surface area (Å²) in [6, 6.07) is 4.11. The van der Waals surface area contributed by atoms with Gasteiger partial charge in [-0.2, -0.15) is 0 Å². The van der Waals surface area contributed by atoms with Crippen molar-refractivity contribution in [1.29, 1.82) is 0 Å². The highest BCUT2D eigenvalue weighted by atomic mass is 32.2. The third-order valence-electron chi connectivity index (χ3n) is 3.09. The average Bonchev–Trinajstić information content (AvgIpc) is 2.30. The molecule has 0 aromatic heterocycles. The van der Waals surface area contributed by atoms with Gasteiger partial charge in [-0.1, -0.05) is 19.9 Å². The van der Waals surface area contributed by atoms with E-state index in [-0.39, 0.29) is 29.2 Å². The van der Waals surface area contributed by atoms with E-state index in [0.717, 1.165) is 5.56 Å². The molecular formula is C13H21N3O3S. The van der Waals surface area contributed by atoms with Crippen LogP contribution in [0.4, 0.5) is 5.69 Å². The Morgan fingerprint density at radius 2 is 1.95 bits per heavy atom. The summed E-state index contributed by atoms with van der Waals surface area (Å²) >= 11 is 0. The number of anilines is 1. The van der Waals surface area contributed by atoms with Crippen LogP contribution in [0.15, 0.2) is 23.1 Å². The maximum absolute atomic E-state index is 11.9. The predicted octanol–water partition coefficient (Wildman–Crippen LogP) is 0.954. The van der Waals surface area contributed by atoms with Gasteiger partial charge in [0.15, 0.2) is 0 Å². The molecule has 0 saturated heterocycles. The number of rotatable bonds is 5. The maximum atomic E-state index is 11.9. The van der Waals surface area contributed by atoms with Crippen LogP contribution in [0, 0.1) is 12.8 Å². The van der Waals surface area contributed by atoms with Gasteiger partial charge in [0, 0.05) is 18.2 Å². The summed E-state index contributed by atoms with van der Waals surface area (Å²) in [7, 11) is -3.79. The Labute approximate surface area is 119 Å². The molecule has 1 aromatic carbocycles. The van der Waals surface area contributed by atoms with Gasteiger partial charge < -0.3 is 11.1 Å². The summed E-state index contributed by atoms with van der Waals surface area (Å²) in [6.45, 7) is 5.64. The Balaban J connectivity index is 2.90. The highest BCUT2D eigenvalue weighted by molar-refractivity contribution is 7.89. The summed E-state index contributed by atoms with van der Waals surface area (Å²) < 4.78 is 22.6. The van der Waals surface area contributed by atoms with Crippen molar-refractivity contribution in [2.45, 2.75) is 38.1 Å². The number of sulfonamides is 1. The van der Waals surface area contributed by atoms with Crippen LogP contribution in [0.3, 0.4) is 0 Å². The van der Waals surface area contributed by atoms with Crippen molar-refractivity contribution in [2.24, 2.45) is 16.8 Å². The monoisotopic (exact) mass is 299 g/mol. The van der Waals surface area contributed by atoms with E-state index in [0.29, 0.717) is 5.69 Å². The molecule has 1 atom stereocenters. The summed E-state index contributed by atoms with van der Waals surface area (Å²) in [5.41, 5.74) is 7.01. The van der Waals surface area contributed by atoms with Gasteiger partial charge in [0.1, 0.15) is 0 Å². The first-order chi connectivity index (χ1) is 9.11. The van der Waals surface area contributed by atoms with Gasteiger partial charge in [-0.3, -0.25) is 4.79 Å². The Hall–Kier alpha value is -1.44. The molecule has 20 heavy (non-hydrogen) atoms. The molecule has 0 saturated carbocycles. The van der Waals surface area contributed by atoms with E-state index in [9.17, 15) is 13.2 Å². The molecule has 0 aliphatic rings. The van der Waals surface area contributed by atoms with Crippen LogP contribution in [-0.2, 0) is 14.8 Å². The quantitative estimate of drug-likeness (QED) is 0.750. The van der Waals surface area contributed by atoms with Gasteiger partial charge in [-0.25, -0.2) is 13.6 Å². The van der Waals surface area contributed by atoms with E-state index in [1.165, 1.54) is 12.1 Å². The molecule has 0 fully saturated rings. The lowest BCUT2D eigenvalue weighted by molar-refractivity contribution is -0.116. The molecule has 7 heteroatoms. The van der Waals surface area contributed by atoms with E-state index in [1.807, 2.05) is 13.8 Å². The molecule has 112 valence electrons. The number of benzene rings is 1. The van der Waals surface area contributed by atoms with Gasteiger partial charge >= 0.3 is 0 Å². The highest BCUT2D eigenvalue weighted by Gasteiger charge is 2.15. The minimum absolute atomic E-state index is 0.0356. The average molecular weight is 299 g/mol. The molecule has 1 unspecified atom stereocenters. The molecule has 0 bridgehead atoms. The fourth-order valence-electron chi connectivity index (χ4n) is 1.56. The Morgan fingerprint density at radius 1 is 1.35 bits per heavy atom. The molecule has 0 aliphatic carbocycles. The van der Waals surface area contributed by atoms with Crippen LogP contribution in [-0.4, -0.2) is 20.4 Å². The summed E-state index contributed by atoms with van der Waals surface area (Å²) in [4.78, 5) is 11.8. The number of hydrogen-bond acceptors (Lipinski definition) is 4. The SMILES string of the molecule is Cc1ccc(S(N)(=O)=O)cc1NC(=O)CC(N)C(C)C. The summed E-state index contributed by atoms with van der Waals surface area (Å²) in [5, 5.41) is 7.74. The zero-order valence-electron chi connectivity index (χ0n) is 11.9. The molecule has 5 N–H and O–H groups in total. The number of carbonyl (C=O) groups is 1. The second-order valence-electron chi connectivity index (χ2n) is 5.18. The molecule has 0 radical (unpaired) electrons. The largest absolute Gasteiger partial charge is 0.327 e. The Morgan fingerprint density at radius 3 is 2.45 bits per heavy atom. The number of primary sulfonamides is 1. The van der Waals surface area contributed by atoms with Crippen molar-refractivity contribution in [3.63, 3.8) is 0 Å². The van der Waals surface area contributed by atoms with Crippen LogP contribution in [0.2, 0.25) is 0 Å². The van der Waals surface area contributed by atoms with Crippen LogP contribution in [0.5, 0.6) is 0 Å². The minimum atomic E-state index is -3.79. The Bertz CT molecular complexity index is 597. The van der Waals surface area contributed by atoms with Crippen LogP contribution in [0.25, 0.3) is 0 Å². The standard InChI is InChI=1S/C13H21N3O3S/c1-8(2)11(14)7-13(17)16-12-6-10(20(15,18)19)5-4-9(12)3/h4-6,8,11H,7,14H2,1-3H3,(H,16,17)(H2,15,18,19). The minimum Gasteiger partial charge on any atom is -0.327 e. The van der Waals surface area contributed by atoms with Crippen molar-refractivity contribution in [3.05, 3.63) is 23.8 Å². The topological polar surface area (TPSA) is 115 Å². The van der Waals surface area contributed by atoms with Crippen LogP contribution in [0.1, 0.15) is 25.8 Å². The van der Waals surface area contributed by atoms with Gasteiger partial charge in [0.2, 0.25) is 15.9 Å². The number of nitrogens with one attached hydrogen (secondary N) is 1. The molecule has 1 rings (SSSR count). The van der Waals surface area contributed by atoms with Crippen LogP contribution < -0.4 is 16.2 Å². The predicted molar refractivity (Wildman–Crippen MR) is 78.6 cm³/mol. The van der Waals surface area contributed by atoms with Crippen LogP contribution >= 0.6 is 0 Å². The second-order valence-corrected chi connectivity index (χ2v) is 6.74. The Kier molecular flexibility index (Phi) is 5.27. The summed E-state index contributed by atoms with van der Waals surface area (Å²) in [5.74, 6) is -0.0570. The first-order valence-electron chi connectivity index (χ1n) is 6.30. The van der Waals surface area contributed by atoms with Gasteiger partial charge in [0.25, 0.3) is 0 Å². The third kappa shape index (κ3) is 4.59. The number of hydrogen-bond donors (Lipinski definition) is 3. The maximum Gasteiger partial charge on any atom is 0.238 e. The van der Waals surface area contributed by atoms with Crippen molar-refractivity contribution in [2.75, 3.05) is 5.32 Å². The van der Waals surface area contributed by atoms with Crippen molar-refractivity contribution in [3.8, 4) is 0 Å². The fourth-order valence-corrected chi connectivity index (χ4v) is 2.10. The lowest BCUT2D eigenvalue weighted by Gasteiger charge is -2.16. The lowest BCUT2D eigenvalue weighted by Crippen LogP contribution is -2.31. The molecule has 6 nitrogen and oxygen atoms in total. The number of nitrogens with two attached hydrogens (primary N) is 2. The zero-order chi connectivity index (χ0) is 15.5. The van der Waals surface area contributed by atoms with Crippen molar-refractivity contribution >= 4 is 21.6 Å². The number of amides is 1. The molecule has 0 heterocycles. The number of carbonyl (C=O) groups excluding carboxylic acids is 1. The zero-order valence-corrected chi connectivity index (χ0v) is 12.7. The van der Waals surface area contributed by atoms with Gasteiger partial charge in [-0.05, 0) is 30.5 Å². The molecule has 1 aromatic rings. The molecular weight excluding hydrogens is 278 g/mol.